The number of fused-ring (bicyclic) bond motifs is 1. The van der Waals surface area contributed by atoms with Gasteiger partial charge in [0.05, 0.1) is 10.6 Å². The molecule has 0 aliphatic carbocycles. The maximum atomic E-state index is 13.3. The second-order valence-corrected chi connectivity index (χ2v) is 8.09. The lowest BCUT2D eigenvalue weighted by Gasteiger charge is -2.35. The fourth-order valence-corrected chi connectivity index (χ4v) is 4.71. The van der Waals surface area contributed by atoms with E-state index in [1.54, 1.807) is 67.5 Å². The fraction of sp³-hybridized carbons (Fsp3) is 0.158. The minimum Gasteiger partial charge on any atom is -0.375 e. The predicted molar refractivity (Wildman–Crippen MR) is 101 cm³/mol. The van der Waals surface area contributed by atoms with Crippen molar-refractivity contribution in [1.29, 1.82) is 0 Å². The van der Waals surface area contributed by atoms with E-state index in [9.17, 15) is 18.0 Å². The van der Waals surface area contributed by atoms with Crippen molar-refractivity contribution in [2.75, 3.05) is 20.6 Å². The Hall–Kier alpha value is -3.13. The minimum atomic E-state index is -4.12. The van der Waals surface area contributed by atoms with Gasteiger partial charge in [0.1, 0.15) is 12.2 Å². The van der Waals surface area contributed by atoms with E-state index in [0.717, 1.165) is 4.31 Å². The Bertz CT molecular complexity index is 1040. The SMILES string of the molecule is CN(C)C1=C(C(=O)c2ccccc2)N(CC(N)=O)S(=O)(=O)c2ccccc21. The van der Waals surface area contributed by atoms with Crippen LogP contribution in [-0.4, -0.2) is 50.0 Å². The van der Waals surface area contributed by atoms with Crippen LogP contribution in [0.25, 0.3) is 5.70 Å². The summed E-state index contributed by atoms with van der Waals surface area (Å²) < 4.78 is 27.1. The van der Waals surface area contributed by atoms with Crippen LogP contribution >= 0.6 is 0 Å². The zero-order valence-electron chi connectivity index (χ0n) is 14.9. The van der Waals surface area contributed by atoms with Crippen LogP contribution in [0.5, 0.6) is 0 Å². The van der Waals surface area contributed by atoms with E-state index < -0.39 is 28.3 Å². The van der Waals surface area contributed by atoms with E-state index in [1.165, 1.54) is 6.07 Å². The van der Waals surface area contributed by atoms with Crippen LogP contribution in [0.4, 0.5) is 0 Å². The summed E-state index contributed by atoms with van der Waals surface area (Å²) in [5.41, 5.74) is 6.33. The molecule has 3 rings (SSSR count). The van der Waals surface area contributed by atoms with Crippen molar-refractivity contribution in [3.63, 3.8) is 0 Å². The highest BCUT2D eigenvalue weighted by Crippen LogP contribution is 2.38. The number of ketones is 1. The molecule has 2 aromatic rings. The van der Waals surface area contributed by atoms with Gasteiger partial charge in [-0.3, -0.25) is 13.9 Å². The van der Waals surface area contributed by atoms with Crippen molar-refractivity contribution in [1.82, 2.24) is 9.21 Å². The summed E-state index contributed by atoms with van der Waals surface area (Å²) in [6, 6.07) is 14.7. The van der Waals surface area contributed by atoms with Crippen LogP contribution < -0.4 is 5.73 Å². The zero-order chi connectivity index (χ0) is 19.8. The number of benzene rings is 2. The maximum Gasteiger partial charge on any atom is 0.265 e. The number of hydrogen-bond acceptors (Lipinski definition) is 5. The minimum absolute atomic E-state index is 0.0274. The predicted octanol–water partition coefficient (Wildman–Crippen LogP) is 1.29. The molecule has 2 N–H and O–H groups in total. The van der Waals surface area contributed by atoms with E-state index in [-0.39, 0.29) is 10.6 Å². The van der Waals surface area contributed by atoms with E-state index in [1.807, 2.05) is 0 Å². The lowest BCUT2D eigenvalue weighted by molar-refractivity contribution is -0.117. The first kappa shape index (κ1) is 18.7. The smallest absolute Gasteiger partial charge is 0.265 e. The first-order valence-corrected chi connectivity index (χ1v) is 9.61. The summed E-state index contributed by atoms with van der Waals surface area (Å²) in [7, 11) is -0.693. The number of sulfonamides is 1. The van der Waals surface area contributed by atoms with Crippen LogP contribution in [0.3, 0.4) is 0 Å². The quantitative estimate of drug-likeness (QED) is 0.782. The molecule has 0 bridgehead atoms. The first-order valence-electron chi connectivity index (χ1n) is 8.17. The van der Waals surface area contributed by atoms with Gasteiger partial charge in [-0.25, -0.2) is 8.42 Å². The Balaban J connectivity index is 2.37. The number of allylic oxidation sites excluding steroid dienone is 1. The molecule has 8 heteroatoms. The lowest BCUT2D eigenvalue weighted by atomic mass is 10.0. The third-order valence-corrected chi connectivity index (χ3v) is 5.99. The molecular formula is C19H19N3O4S. The van der Waals surface area contributed by atoms with Crippen LogP contribution in [0.1, 0.15) is 15.9 Å². The lowest BCUT2D eigenvalue weighted by Crippen LogP contribution is -2.44. The molecule has 0 saturated heterocycles. The molecule has 2 aromatic carbocycles. The van der Waals surface area contributed by atoms with Crippen molar-refractivity contribution in [2.24, 2.45) is 5.73 Å². The summed E-state index contributed by atoms with van der Waals surface area (Å²) in [4.78, 5) is 26.6. The van der Waals surface area contributed by atoms with Gasteiger partial charge in [-0.15, -0.1) is 0 Å². The first-order chi connectivity index (χ1) is 12.7. The number of Topliss-reactive ketones (excluding diaryl/α,β-unsaturated/α-hetero) is 1. The highest BCUT2D eigenvalue weighted by atomic mass is 32.2. The highest BCUT2D eigenvalue weighted by Gasteiger charge is 2.41. The normalized spacial score (nSPS) is 15.3. The molecule has 7 nitrogen and oxygen atoms in total. The number of rotatable bonds is 5. The van der Waals surface area contributed by atoms with Crippen LogP contribution in [0.15, 0.2) is 65.2 Å². The molecule has 0 atom stereocenters. The average molecular weight is 385 g/mol. The van der Waals surface area contributed by atoms with E-state index in [0.29, 0.717) is 16.8 Å². The molecule has 0 fully saturated rings. The van der Waals surface area contributed by atoms with Gasteiger partial charge in [0.25, 0.3) is 10.0 Å². The second kappa shape index (κ2) is 6.88. The van der Waals surface area contributed by atoms with Gasteiger partial charge in [-0.05, 0) is 6.07 Å². The molecule has 27 heavy (non-hydrogen) atoms. The molecule has 0 unspecified atom stereocenters. The maximum absolute atomic E-state index is 13.3. The molecule has 1 amide bonds. The largest absolute Gasteiger partial charge is 0.375 e. The monoisotopic (exact) mass is 385 g/mol. The van der Waals surface area contributed by atoms with Gasteiger partial charge >= 0.3 is 0 Å². The highest BCUT2D eigenvalue weighted by molar-refractivity contribution is 7.89. The molecule has 0 spiro atoms. The molecule has 0 aromatic heterocycles. The number of amides is 1. The average Bonchev–Trinajstić information content (AvgIpc) is 2.63. The number of nitrogens with two attached hydrogens (primary N) is 1. The number of carbonyl (C=O) groups is 2. The Morgan fingerprint density at radius 2 is 1.59 bits per heavy atom. The Morgan fingerprint density at radius 1 is 1.00 bits per heavy atom. The zero-order valence-corrected chi connectivity index (χ0v) is 15.7. The third kappa shape index (κ3) is 3.19. The van der Waals surface area contributed by atoms with Gasteiger partial charge in [0.2, 0.25) is 11.7 Å². The van der Waals surface area contributed by atoms with Gasteiger partial charge in [-0.1, -0.05) is 48.5 Å². The molecule has 0 radical (unpaired) electrons. The third-order valence-electron chi connectivity index (χ3n) is 4.18. The van der Waals surface area contributed by atoms with Crippen molar-refractivity contribution >= 4 is 27.4 Å². The molecule has 0 saturated carbocycles. The number of primary amides is 1. The Kier molecular flexibility index (Phi) is 4.75. The van der Waals surface area contributed by atoms with E-state index in [4.69, 9.17) is 5.73 Å². The van der Waals surface area contributed by atoms with Gasteiger partial charge < -0.3 is 10.6 Å². The summed E-state index contributed by atoms with van der Waals surface area (Å²) in [5, 5.41) is 0. The summed E-state index contributed by atoms with van der Waals surface area (Å²) in [6.07, 6.45) is 0. The summed E-state index contributed by atoms with van der Waals surface area (Å²) in [5.74, 6) is -1.35. The number of hydrogen-bond donors (Lipinski definition) is 1. The van der Waals surface area contributed by atoms with Crippen molar-refractivity contribution in [3.8, 4) is 0 Å². The van der Waals surface area contributed by atoms with Gasteiger partial charge in [0, 0.05) is 25.2 Å². The standard InChI is InChI=1S/C19H19N3O4S/c1-21(2)17-14-10-6-7-11-15(14)27(25,26)22(12-16(20)23)18(17)19(24)13-8-4-3-5-9-13/h3-11H,12H2,1-2H3,(H2,20,23). The Labute approximate surface area is 157 Å². The molecule has 1 aliphatic heterocycles. The summed E-state index contributed by atoms with van der Waals surface area (Å²) >= 11 is 0. The topological polar surface area (TPSA) is 101 Å². The Morgan fingerprint density at radius 3 is 2.19 bits per heavy atom. The van der Waals surface area contributed by atoms with Crippen LogP contribution in [-0.2, 0) is 14.8 Å². The fourth-order valence-electron chi connectivity index (χ4n) is 3.08. The second-order valence-electron chi connectivity index (χ2n) is 6.26. The summed E-state index contributed by atoms with van der Waals surface area (Å²) in [6.45, 7) is -0.623. The van der Waals surface area contributed by atoms with Crippen molar-refractivity contribution < 1.29 is 18.0 Å². The van der Waals surface area contributed by atoms with E-state index in [2.05, 4.69) is 0 Å². The van der Waals surface area contributed by atoms with Gasteiger partial charge in [0.15, 0.2) is 0 Å². The number of nitrogens with zero attached hydrogens (tertiary/aromatic N) is 2. The molecular weight excluding hydrogens is 366 g/mol. The van der Waals surface area contributed by atoms with Gasteiger partial charge in [-0.2, -0.15) is 0 Å². The van der Waals surface area contributed by atoms with Crippen molar-refractivity contribution in [3.05, 3.63) is 71.4 Å². The van der Waals surface area contributed by atoms with Crippen LogP contribution in [0, 0.1) is 0 Å². The van der Waals surface area contributed by atoms with Crippen molar-refractivity contribution in [2.45, 2.75) is 4.90 Å². The molecule has 1 aliphatic rings. The number of carbonyl (C=O) groups excluding carboxylic acids is 2. The van der Waals surface area contributed by atoms with E-state index >= 15 is 0 Å². The van der Waals surface area contributed by atoms with Crippen LogP contribution in [0.2, 0.25) is 0 Å². The molecule has 1 heterocycles. The molecule has 140 valence electrons.